The van der Waals surface area contributed by atoms with Crippen LogP contribution >= 0.6 is 0 Å². The summed E-state index contributed by atoms with van der Waals surface area (Å²) in [5, 5.41) is 3.72. The monoisotopic (exact) mass is 249 g/mol. The molecule has 0 amide bonds. The molecular weight excluding hydrogens is 225 g/mol. The van der Waals surface area contributed by atoms with Crippen molar-refractivity contribution in [1.29, 1.82) is 0 Å². The van der Waals surface area contributed by atoms with Crippen LogP contribution in [0.15, 0.2) is 24.3 Å². The quantitative estimate of drug-likeness (QED) is 0.792. The molecule has 2 heteroatoms. The molecule has 1 aliphatic carbocycles. The van der Waals surface area contributed by atoms with Gasteiger partial charge in [-0.3, -0.25) is 0 Å². The lowest BCUT2D eigenvalue weighted by Crippen LogP contribution is -2.32. The Bertz CT molecular complexity index is 367. The highest BCUT2D eigenvalue weighted by Crippen LogP contribution is 2.41. The summed E-state index contributed by atoms with van der Waals surface area (Å²) in [6, 6.07) is 7.90. The van der Waals surface area contributed by atoms with E-state index in [-0.39, 0.29) is 5.82 Å². The molecule has 0 heterocycles. The van der Waals surface area contributed by atoms with Crippen molar-refractivity contribution in [2.24, 2.45) is 11.8 Å². The standard InChI is InChI=1S/C16H24FN/c1-11(2)10-12(3)18-16(13-4-5-13)14-6-8-15(17)9-7-14/h6-9,11-13,16,18H,4-5,10H2,1-3H3. The van der Waals surface area contributed by atoms with Gasteiger partial charge in [-0.25, -0.2) is 4.39 Å². The Morgan fingerprint density at radius 1 is 1.17 bits per heavy atom. The first kappa shape index (κ1) is 13.5. The van der Waals surface area contributed by atoms with Crippen molar-refractivity contribution in [3.05, 3.63) is 35.6 Å². The highest BCUT2D eigenvalue weighted by Gasteiger charge is 2.32. The zero-order valence-electron chi connectivity index (χ0n) is 11.6. The Labute approximate surface area is 110 Å². The van der Waals surface area contributed by atoms with Crippen molar-refractivity contribution in [1.82, 2.24) is 5.32 Å². The second-order valence-electron chi connectivity index (χ2n) is 6.06. The molecule has 2 atom stereocenters. The molecule has 0 saturated heterocycles. The van der Waals surface area contributed by atoms with Crippen molar-refractivity contribution in [3.63, 3.8) is 0 Å². The van der Waals surface area contributed by atoms with Crippen LogP contribution < -0.4 is 5.32 Å². The second kappa shape index (κ2) is 5.83. The van der Waals surface area contributed by atoms with Crippen LogP contribution in [0.5, 0.6) is 0 Å². The van der Waals surface area contributed by atoms with E-state index in [1.165, 1.54) is 24.8 Å². The van der Waals surface area contributed by atoms with Crippen LogP contribution in [0.25, 0.3) is 0 Å². The molecule has 1 fully saturated rings. The van der Waals surface area contributed by atoms with Gasteiger partial charge in [0.15, 0.2) is 0 Å². The molecule has 1 aliphatic rings. The van der Waals surface area contributed by atoms with E-state index in [1.807, 2.05) is 12.1 Å². The molecule has 1 nitrogen and oxygen atoms in total. The van der Waals surface area contributed by atoms with Crippen LogP contribution in [0.1, 0.15) is 51.6 Å². The van der Waals surface area contributed by atoms with E-state index < -0.39 is 0 Å². The minimum absolute atomic E-state index is 0.150. The molecule has 0 aromatic heterocycles. The lowest BCUT2D eigenvalue weighted by molar-refractivity contribution is 0.371. The Kier molecular flexibility index (Phi) is 4.39. The predicted octanol–water partition coefficient (Wildman–Crippen LogP) is 4.30. The molecular formula is C16H24FN. The molecule has 0 aliphatic heterocycles. The van der Waals surface area contributed by atoms with Crippen LogP contribution in [0.2, 0.25) is 0 Å². The van der Waals surface area contributed by atoms with Crippen molar-refractivity contribution < 1.29 is 4.39 Å². The number of hydrogen-bond donors (Lipinski definition) is 1. The maximum absolute atomic E-state index is 13.0. The third-order valence-corrected chi connectivity index (χ3v) is 3.61. The fourth-order valence-corrected chi connectivity index (χ4v) is 2.69. The predicted molar refractivity (Wildman–Crippen MR) is 73.9 cm³/mol. The molecule has 2 rings (SSSR count). The first-order chi connectivity index (χ1) is 8.56. The van der Waals surface area contributed by atoms with E-state index in [4.69, 9.17) is 0 Å². The lowest BCUT2D eigenvalue weighted by Gasteiger charge is -2.25. The summed E-state index contributed by atoms with van der Waals surface area (Å²) in [4.78, 5) is 0. The van der Waals surface area contributed by atoms with Crippen LogP contribution in [0.3, 0.4) is 0 Å². The van der Waals surface area contributed by atoms with Crippen LogP contribution in [0.4, 0.5) is 4.39 Å². The molecule has 0 radical (unpaired) electrons. The minimum atomic E-state index is -0.150. The topological polar surface area (TPSA) is 12.0 Å². The van der Waals surface area contributed by atoms with Gasteiger partial charge < -0.3 is 5.32 Å². The molecule has 18 heavy (non-hydrogen) atoms. The Hall–Kier alpha value is -0.890. The Morgan fingerprint density at radius 2 is 1.78 bits per heavy atom. The summed E-state index contributed by atoms with van der Waals surface area (Å²) in [6.07, 6.45) is 3.78. The molecule has 2 unspecified atom stereocenters. The first-order valence-corrected chi connectivity index (χ1v) is 7.07. The minimum Gasteiger partial charge on any atom is -0.307 e. The number of nitrogens with one attached hydrogen (secondary N) is 1. The summed E-state index contributed by atoms with van der Waals surface area (Å²) >= 11 is 0. The average molecular weight is 249 g/mol. The number of rotatable bonds is 6. The van der Waals surface area contributed by atoms with Gasteiger partial charge in [-0.15, -0.1) is 0 Å². The van der Waals surface area contributed by atoms with E-state index in [0.29, 0.717) is 18.0 Å². The number of benzene rings is 1. The summed E-state index contributed by atoms with van der Waals surface area (Å²) in [5.74, 6) is 1.30. The van der Waals surface area contributed by atoms with E-state index in [2.05, 4.69) is 26.1 Å². The Morgan fingerprint density at radius 3 is 2.28 bits per heavy atom. The summed E-state index contributed by atoms with van der Waals surface area (Å²) in [5.41, 5.74) is 1.23. The van der Waals surface area contributed by atoms with Gasteiger partial charge >= 0.3 is 0 Å². The molecule has 0 bridgehead atoms. The molecule has 1 saturated carbocycles. The summed E-state index contributed by atoms with van der Waals surface area (Å²) in [6.45, 7) is 6.75. The summed E-state index contributed by atoms with van der Waals surface area (Å²) in [7, 11) is 0. The lowest BCUT2D eigenvalue weighted by atomic mass is 9.99. The molecule has 1 aromatic rings. The number of halogens is 1. The van der Waals surface area contributed by atoms with Gasteiger partial charge in [0.1, 0.15) is 5.82 Å². The largest absolute Gasteiger partial charge is 0.307 e. The van der Waals surface area contributed by atoms with Gasteiger partial charge in [0.25, 0.3) is 0 Å². The number of hydrogen-bond acceptors (Lipinski definition) is 1. The van der Waals surface area contributed by atoms with E-state index in [9.17, 15) is 4.39 Å². The smallest absolute Gasteiger partial charge is 0.123 e. The third-order valence-electron chi connectivity index (χ3n) is 3.61. The first-order valence-electron chi connectivity index (χ1n) is 7.07. The van der Waals surface area contributed by atoms with E-state index in [0.717, 1.165) is 5.92 Å². The molecule has 0 spiro atoms. The molecule has 100 valence electrons. The fraction of sp³-hybridized carbons (Fsp3) is 0.625. The van der Waals surface area contributed by atoms with Gasteiger partial charge in [-0.1, -0.05) is 26.0 Å². The fourth-order valence-electron chi connectivity index (χ4n) is 2.69. The van der Waals surface area contributed by atoms with Crippen LogP contribution in [-0.2, 0) is 0 Å². The Balaban J connectivity index is 2.02. The van der Waals surface area contributed by atoms with Gasteiger partial charge in [-0.05, 0) is 55.7 Å². The van der Waals surface area contributed by atoms with Gasteiger partial charge in [0, 0.05) is 12.1 Å². The van der Waals surface area contributed by atoms with Gasteiger partial charge in [0.05, 0.1) is 0 Å². The van der Waals surface area contributed by atoms with E-state index in [1.54, 1.807) is 12.1 Å². The van der Waals surface area contributed by atoms with Crippen molar-refractivity contribution in [2.75, 3.05) is 0 Å². The van der Waals surface area contributed by atoms with E-state index >= 15 is 0 Å². The molecule has 1 aromatic carbocycles. The van der Waals surface area contributed by atoms with Gasteiger partial charge in [0.2, 0.25) is 0 Å². The zero-order chi connectivity index (χ0) is 13.1. The van der Waals surface area contributed by atoms with Crippen molar-refractivity contribution in [2.45, 2.75) is 52.1 Å². The SMILES string of the molecule is CC(C)CC(C)NC(c1ccc(F)cc1)C1CC1. The van der Waals surface area contributed by atoms with Crippen LogP contribution in [0, 0.1) is 17.7 Å². The zero-order valence-corrected chi connectivity index (χ0v) is 11.6. The maximum atomic E-state index is 13.0. The van der Waals surface area contributed by atoms with Crippen molar-refractivity contribution >= 4 is 0 Å². The average Bonchev–Trinajstić information content (AvgIpc) is 3.10. The summed E-state index contributed by atoms with van der Waals surface area (Å²) < 4.78 is 13.0. The highest BCUT2D eigenvalue weighted by atomic mass is 19.1. The highest BCUT2D eigenvalue weighted by molar-refractivity contribution is 5.22. The van der Waals surface area contributed by atoms with Crippen LogP contribution in [-0.4, -0.2) is 6.04 Å². The second-order valence-corrected chi connectivity index (χ2v) is 6.06. The maximum Gasteiger partial charge on any atom is 0.123 e. The molecule has 1 N–H and O–H groups in total. The normalized spacial score (nSPS) is 18.9. The van der Waals surface area contributed by atoms with Crippen molar-refractivity contribution in [3.8, 4) is 0 Å². The van der Waals surface area contributed by atoms with Gasteiger partial charge in [-0.2, -0.15) is 0 Å². The third kappa shape index (κ3) is 3.81.